The number of carbonyl (C=O) groups excluding carboxylic acids is 4. The second-order valence-corrected chi connectivity index (χ2v) is 9.33. The molecule has 1 heterocycles. The number of benzene rings is 3. The highest BCUT2D eigenvalue weighted by molar-refractivity contribution is 6.20. The maximum absolute atomic E-state index is 13.2. The van der Waals surface area contributed by atoms with Gasteiger partial charge in [-0.3, -0.25) is 9.59 Å². The van der Waals surface area contributed by atoms with Crippen molar-refractivity contribution in [1.29, 1.82) is 0 Å². The summed E-state index contributed by atoms with van der Waals surface area (Å²) >= 11 is 0. The van der Waals surface area contributed by atoms with Gasteiger partial charge in [0.15, 0.2) is 0 Å². The Morgan fingerprint density at radius 1 is 0.838 bits per heavy atom. The fraction of sp³-hybridized carbons (Fsp3) is 0.214. The van der Waals surface area contributed by atoms with Crippen molar-refractivity contribution in [3.05, 3.63) is 95.6 Å². The van der Waals surface area contributed by atoms with E-state index in [9.17, 15) is 19.2 Å². The van der Waals surface area contributed by atoms with E-state index in [0.29, 0.717) is 22.1 Å². The molecule has 0 radical (unpaired) electrons. The van der Waals surface area contributed by atoms with Crippen molar-refractivity contribution < 1.29 is 33.5 Å². The van der Waals surface area contributed by atoms with Crippen LogP contribution in [0.3, 0.4) is 0 Å². The molecule has 0 saturated heterocycles. The van der Waals surface area contributed by atoms with E-state index < -0.39 is 35.5 Å². The molecule has 9 nitrogen and oxygen atoms in total. The van der Waals surface area contributed by atoms with E-state index in [1.807, 2.05) is 18.2 Å². The maximum Gasteiger partial charge on any atom is 0.408 e. The van der Waals surface area contributed by atoms with E-state index in [1.165, 1.54) is 12.1 Å². The minimum Gasteiger partial charge on any atom is -0.457 e. The summed E-state index contributed by atoms with van der Waals surface area (Å²) in [6.45, 7) is 5.05. The maximum atomic E-state index is 13.2. The average molecular weight is 503 g/mol. The zero-order valence-corrected chi connectivity index (χ0v) is 20.6. The summed E-state index contributed by atoms with van der Waals surface area (Å²) in [5, 5.41) is 2.90. The van der Waals surface area contributed by atoms with Crippen molar-refractivity contribution in [3.8, 4) is 11.5 Å². The molecule has 3 aromatic carbocycles. The summed E-state index contributed by atoms with van der Waals surface area (Å²) < 4.78 is 11.1. The Kier molecular flexibility index (Phi) is 7.24. The first-order valence-corrected chi connectivity index (χ1v) is 11.6. The summed E-state index contributed by atoms with van der Waals surface area (Å²) in [5.74, 6) is -1.37. The third kappa shape index (κ3) is 6.32. The Labute approximate surface area is 213 Å². The molecule has 0 spiro atoms. The third-order valence-electron chi connectivity index (χ3n) is 5.23. The molecule has 3 amide bonds. The van der Waals surface area contributed by atoms with Gasteiger partial charge in [-0.1, -0.05) is 47.5 Å². The van der Waals surface area contributed by atoms with Crippen LogP contribution in [0.1, 0.15) is 47.1 Å². The van der Waals surface area contributed by atoms with Crippen LogP contribution in [0.25, 0.3) is 0 Å². The molecule has 4 rings (SSSR count). The van der Waals surface area contributed by atoms with Gasteiger partial charge in [-0.2, -0.15) is 0 Å². The van der Waals surface area contributed by atoms with E-state index in [-0.39, 0.29) is 17.5 Å². The number of rotatable bonds is 7. The molecule has 0 saturated carbocycles. The van der Waals surface area contributed by atoms with Crippen molar-refractivity contribution in [2.24, 2.45) is 0 Å². The van der Waals surface area contributed by atoms with E-state index in [2.05, 4.69) is 5.32 Å². The van der Waals surface area contributed by atoms with E-state index in [4.69, 9.17) is 14.3 Å². The van der Waals surface area contributed by atoms with Crippen LogP contribution in [-0.2, 0) is 20.8 Å². The first-order chi connectivity index (χ1) is 17.6. The molecule has 0 fully saturated rings. The van der Waals surface area contributed by atoms with Gasteiger partial charge in [0.1, 0.15) is 23.1 Å². The molecule has 1 aliphatic rings. The molecule has 37 heavy (non-hydrogen) atoms. The van der Waals surface area contributed by atoms with Gasteiger partial charge in [0.2, 0.25) is 0 Å². The minimum absolute atomic E-state index is 0.0206. The number of hydrogen-bond acceptors (Lipinski definition) is 7. The fourth-order valence-electron chi connectivity index (χ4n) is 3.64. The van der Waals surface area contributed by atoms with Gasteiger partial charge >= 0.3 is 12.1 Å². The highest BCUT2D eigenvalue weighted by Crippen LogP contribution is 2.25. The summed E-state index contributed by atoms with van der Waals surface area (Å²) in [5.41, 5.74) is 0.0732. The number of fused-ring (bicyclic) bond motifs is 1. The SMILES string of the molecule is CC(C)(C)OC(=O)NC(Cc1cccc(Oc2ccccc2)c1)C(=O)ON1C(=O)c2ccccc2C1=O. The van der Waals surface area contributed by atoms with Crippen LogP contribution in [0.15, 0.2) is 78.9 Å². The van der Waals surface area contributed by atoms with Gasteiger partial charge < -0.3 is 19.6 Å². The summed E-state index contributed by atoms with van der Waals surface area (Å²) in [4.78, 5) is 56.2. The number of alkyl carbamates (subject to hydrolysis) is 1. The monoisotopic (exact) mass is 502 g/mol. The van der Waals surface area contributed by atoms with Crippen LogP contribution in [-0.4, -0.2) is 40.6 Å². The second kappa shape index (κ2) is 10.5. The minimum atomic E-state index is -1.27. The number of carbonyl (C=O) groups is 4. The number of para-hydroxylation sites is 1. The first-order valence-electron chi connectivity index (χ1n) is 11.6. The lowest BCUT2D eigenvalue weighted by Crippen LogP contribution is -2.48. The standard InChI is InChI=1S/C28H26N2O7/c1-28(2,3)36-27(34)29-23(17-18-10-9-13-20(16-18)35-19-11-5-4-6-12-19)26(33)37-30-24(31)21-14-7-8-15-22(21)25(30)32/h4-16,23H,17H2,1-3H3,(H,29,34). The van der Waals surface area contributed by atoms with Crippen molar-refractivity contribution >= 4 is 23.9 Å². The van der Waals surface area contributed by atoms with Crippen molar-refractivity contribution in [2.75, 3.05) is 0 Å². The number of amides is 3. The lowest BCUT2D eigenvalue weighted by atomic mass is 10.1. The Bertz CT molecular complexity index is 1300. The molecule has 1 aliphatic heterocycles. The Hall–Kier alpha value is -4.66. The van der Waals surface area contributed by atoms with E-state index in [0.717, 1.165) is 0 Å². The quantitative estimate of drug-likeness (QED) is 0.468. The number of nitrogens with zero attached hydrogens (tertiary/aromatic N) is 1. The third-order valence-corrected chi connectivity index (χ3v) is 5.23. The molecule has 3 aromatic rings. The molecule has 0 aliphatic carbocycles. The number of hydrogen-bond donors (Lipinski definition) is 1. The average Bonchev–Trinajstić information content (AvgIpc) is 3.08. The van der Waals surface area contributed by atoms with Gasteiger partial charge in [-0.15, -0.1) is 0 Å². The molecule has 9 heteroatoms. The van der Waals surface area contributed by atoms with Crippen molar-refractivity contribution in [2.45, 2.75) is 38.8 Å². The Balaban J connectivity index is 1.53. The topological polar surface area (TPSA) is 111 Å². The number of imide groups is 1. The number of nitrogens with one attached hydrogen (secondary N) is 1. The zero-order chi connectivity index (χ0) is 26.6. The van der Waals surface area contributed by atoms with Crippen molar-refractivity contribution in [1.82, 2.24) is 10.4 Å². The Morgan fingerprint density at radius 2 is 1.43 bits per heavy atom. The van der Waals surface area contributed by atoms with Gasteiger partial charge in [0, 0.05) is 6.42 Å². The van der Waals surface area contributed by atoms with E-state index >= 15 is 0 Å². The number of hydroxylamine groups is 2. The molecule has 190 valence electrons. The summed E-state index contributed by atoms with van der Waals surface area (Å²) in [6, 6.07) is 21.0. The van der Waals surface area contributed by atoms with Crippen molar-refractivity contribution in [3.63, 3.8) is 0 Å². The fourth-order valence-corrected chi connectivity index (χ4v) is 3.64. The number of ether oxygens (including phenoxy) is 2. The summed E-state index contributed by atoms with van der Waals surface area (Å²) in [7, 11) is 0. The van der Waals surface area contributed by atoms with Gasteiger partial charge in [0.25, 0.3) is 11.8 Å². The molecule has 0 aromatic heterocycles. The zero-order valence-electron chi connectivity index (χ0n) is 20.6. The highest BCUT2D eigenvalue weighted by atomic mass is 16.7. The predicted molar refractivity (Wildman–Crippen MR) is 133 cm³/mol. The molecular weight excluding hydrogens is 476 g/mol. The van der Waals surface area contributed by atoms with Gasteiger partial charge in [0.05, 0.1) is 11.1 Å². The highest BCUT2D eigenvalue weighted by Gasteiger charge is 2.40. The molecule has 1 atom stereocenters. The molecule has 1 N–H and O–H groups in total. The predicted octanol–water partition coefficient (Wildman–Crippen LogP) is 4.67. The van der Waals surface area contributed by atoms with Gasteiger partial charge in [-0.05, 0) is 62.7 Å². The second-order valence-electron chi connectivity index (χ2n) is 9.33. The van der Waals surface area contributed by atoms with Gasteiger partial charge in [-0.25, -0.2) is 9.59 Å². The molecule has 1 unspecified atom stereocenters. The smallest absolute Gasteiger partial charge is 0.408 e. The van der Waals surface area contributed by atoms with E-state index in [1.54, 1.807) is 69.3 Å². The lowest BCUT2D eigenvalue weighted by Gasteiger charge is -2.24. The molecule has 0 bridgehead atoms. The van der Waals surface area contributed by atoms with Crippen LogP contribution >= 0.6 is 0 Å². The normalized spacial score (nSPS) is 13.5. The Morgan fingerprint density at radius 3 is 2.05 bits per heavy atom. The van der Waals surface area contributed by atoms with Crippen LogP contribution in [0.4, 0.5) is 4.79 Å². The summed E-state index contributed by atoms with van der Waals surface area (Å²) in [6.07, 6.45) is -0.874. The van der Waals surface area contributed by atoms with Crippen LogP contribution in [0, 0.1) is 0 Å². The van der Waals surface area contributed by atoms with Crippen LogP contribution < -0.4 is 10.1 Å². The van der Waals surface area contributed by atoms with Crippen LogP contribution in [0.5, 0.6) is 11.5 Å². The molecular formula is C28H26N2O7. The lowest BCUT2D eigenvalue weighted by molar-refractivity contribution is -0.171. The van der Waals surface area contributed by atoms with Crippen LogP contribution in [0.2, 0.25) is 0 Å². The first kappa shape index (κ1) is 25.4. The largest absolute Gasteiger partial charge is 0.457 e.